The van der Waals surface area contributed by atoms with Gasteiger partial charge in [-0.25, -0.2) is 4.68 Å². The van der Waals surface area contributed by atoms with Crippen molar-refractivity contribution in [2.75, 3.05) is 0 Å². The van der Waals surface area contributed by atoms with Gasteiger partial charge in [-0.1, -0.05) is 12.1 Å². The van der Waals surface area contributed by atoms with E-state index < -0.39 is 0 Å². The van der Waals surface area contributed by atoms with Crippen LogP contribution in [0.25, 0.3) is 5.69 Å². The molecule has 1 aliphatic carbocycles. The lowest BCUT2D eigenvalue weighted by Gasteiger charge is -2.04. The lowest BCUT2D eigenvalue weighted by Crippen LogP contribution is -2.01. The maximum absolute atomic E-state index is 9.29. The van der Waals surface area contributed by atoms with E-state index in [1.54, 1.807) is 4.68 Å². The fourth-order valence-corrected chi connectivity index (χ4v) is 2.45. The van der Waals surface area contributed by atoms with Gasteiger partial charge in [-0.05, 0) is 43.9 Å². The highest BCUT2D eigenvalue weighted by molar-refractivity contribution is 5.45. The Morgan fingerprint density at radius 2 is 2.24 bits per heavy atom. The van der Waals surface area contributed by atoms with Crippen molar-refractivity contribution in [3.63, 3.8) is 0 Å². The minimum Gasteiger partial charge on any atom is -0.222 e. The number of nitrogens with zero attached hydrogens (tertiary/aromatic N) is 3. The summed E-state index contributed by atoms with van der Waals surface area (Å²) in [5.41, 5.74) is 5.12. The molecule has 0 N–H and O–H groups in total. The zero-order valence-corrected chi connectivity index (χ0v) is 9.77. The van der Waals surface area contributed by atoms with E-state index in [0.717, 1.165) is 36.2 Å². The largest absolute Gasteiger partial charge is 0.222 e. The highest BCUT2D eigenvalue weighted by Crippen LogP contribution is 2.26. The zero-order valence-electron chi connectivity index (χ0n) is 9.77. The normalized spacial score (nSPS) is 13.4. The van der Waals surface area contributed by atoms with Crippen LogP contribution in [0.15, 0.2) is 24.3 Å². The summed E-state index contributed by atoms with van der Waals surface area (Å²) in [4.78, 5) is 0. The van der Waals surface area contributed by atoms with Crippen LogP contribution in [0.2, 0.25) is 0 Å². The molecule has 3 nitrogen and oxygen atoms in total. The van der Waals surface area contributed by atoms with Crippen LogP contribution in [-0.2, 0) is 12.8 Å². The van der Waals surface area contributed by atoms with Crippen molar-refractivity contribution >= 4 is 0 Å². The molecule has 0 saturated heterocycles. The van der Waals surface area contributed by atoms with Gasteiger partial charge in [-0.2, -0.15) is 10.4 Å². The quantitative estimate of drug-likeness (QED) is 0.745. The van der Waals surface area contributed by atoms with Crippen molar-refractivity contribution < 1.29 is 0 Å². The first-order valence-corrected chi connectivity index (χ1v) is 5.87. The first kappa shape index (κ1) is 10.1. The number of hydrogen-bond acceptors (Lipinski definition) is 2. The van der Waals surface area contributed by atoms with Crippen LogP contribution in [0.4, 0.5) is 0 Å². The predicted octanol–water partition coefficient (Wildman–Crippen LogP) is 2.54. The second-order valence-electron chi connectivity index (χ2n) is 4.49. The predicted molar refractivity (Wildman–Crippen MR) is 65.0 cm³/mol. The molecule has 0 aliphatic heterocycles. The van der Waals surface area contributed by atoms with Gasteiger partial charge in [-0.3, -0.25) is 0 Å². The van der Waals surface area contributed by atoms with Crippen molar-refractivity contribution in [3.05, 3.63) is 46.8 Å². The van der Waals surface area contributed by atoms with E-state index >= 15 is 0 Å². The SMILES string of the molecule is Cc1cccc(-n2nc3c(c2C#N)CCC3)c1. The summed E-state index contributed by atoms with van der Waals surface area (Å²) in [6.07, 6.45) is 3.12. The van der Waals surface area contributed by atoms with Crippen molar-refractivity contribution in [2.45, 2.75) is 26.2 Å². The molecule has 0 unspecified atom stereocenters. The summed E-state index contributed by atoms with van der Waals surface area (Å²) >= 11 is 0. The Balaban J connectivity index is 2.19. The Bertz CT molecular complexity index is 617. The molecule has 0 amide bonds. The number of rotatable bonds is 1. The highest BCUT2D eigenvalue weighted by atomic mass is 15.3. The van der Waals surface area contributed by atoms with E-state index in [2.05, 4.69) is 17.2 Å². The Hall–Kier alpha value is -2.08. The van der Waals surface area contributed by atoms with E-state index in [1.807, 2.05) is 25.1 Å². The standard InChI is InChI=1S/C14H13N3/c1-10-4-2-5-11(8-10)17-14(9-15)12-6-3-7-13(12)16-17/h2,4-5,8H,3,6-7H2,1H3. The third kappa shape index (κ3) is 1.53. The maximum Gasteiger partial charge on any atom is 0.147 e. The van der Waals surface area contributed by atoms with Crippen LogP contribution in [-0.4, -0.2) is 9.78 Å². The van der Waals surface area contributed by atoms with E-state index in [9.17, 15) is 5.26 Å². The molecule has 2 aromatic rings. The Kier molecular flexibility index (Phi) is 2.22. The van der Waals surface area contributed by atoms with Gasteiger partial charge >= 0.3 is 0 Å². The molecule has 1 aromatic carbocycles. The molecule has 0 saturated carbocycles. The Labute approximate surface area is 100 Å². The van der Waals surface area contributed by atoms with Gasteiger partial charge in [0.1, 0.15) is 11.8 Å². The number of hydrogen-bond donors (Lipinski definition) is 0. The van der Waals surface area contributed by atoms with Crippen molar-refractivity contribution in [1.29, 1.82) is 5.26 Å². The maximum atomic E-state index is 9.29. The highest BCUT2D eigenvalue weighted by Gasteiger charge is 2.22. The minimum atomic E-state index is 0.711. The molecule has 3 heteroatoms. The topological polar surface area (TPSA) is 41.6 Å². The molecule has 1 aliphatic rings. The Morgan fingerprint density at radius 3 is 3.00 bits per heavy atom. The van der Waals surface area contributed by atoms with Gasteiger partial charge < -0.3 is 0 Å². The molecule has 0 radical (unpaired) electrons. The third-order valence-corrected chi connectivity index (χ3v) is 3.26. The monoisotopic (exact) mass is 223 g/mol. The second-order valence-corrected chi connectivity index (χ2v) is 4.49. The van der Waals surface area contributed by atoms with Crippen molar-refractivity contribution in [3.8, 4) is 11.8 Å². The van der Waals surface area contributed by atoms with Crippen LogP contribution in [0.1, 0.15) is 28.9 Å². The lowest BCUT2D eigenvalue weighted by atomic mass is 10.2. The molecule has 84 valence electrons. The van der Waals surface area contributed by atoms with Gasteiger partial charge in [0.15, 0.2) is 0 Å². The number of aryl methyl sites for hydroxylation is 2. The number of benzene rings is 1. The van der Waals surface area contributed by atoms with Crippen LogP contribution >= 0.6 is 0 Å². The summed E-state index contributed by atoms with van der Waals surface area (Å²) in [5.74, 6) is 0. The second kappa shape index (κ2) is 3.74. The minimum absolute atomic E-state index is 0.711. The molecule has 3 rings (SSSR count). The van der Waals surface area contributed by atoms with Crippen LogP contribution < -0.4 is 0 Å². The van der Waals surface area contributed by atoms with Crippen LogP contribution in [0.5, 0.6) is 0 Å². The smallest absolute Gasteiger partial charge is 0.147 e. The fourth-order valence-electron chi connectivity index (χ4n) is 2.45. The van der Waals surface area contributed by atoms with E-state index in [4.69, 9.17) is 0 Å². The third-order valence-electron chi connectivity index (χ3n) is 3.26. The lowest BCUT2D eigenvalue weighted by molar-refractivity contribution is 0.791. The molecule has 0 fully saturated rings. The summed E-state index contributed by atoms with van der Waals surface area (Å²) < 4.78 is 1.79. The van der Waals surface area contributed by atoms with E-state index in [-0.39, 0.29) is 0 Å². The molecule has 17 heavy (non-hydrogen) atoms. The average Bonchev–Trinajstić information content (AvgIpc) is 2.88. The van der Waals surface area contributed by atoms with Gasteiger partial charge in [0.05, 0.1) is 11.4 Å². The van der Waals surface area contributed by atoms with Gasteiger partial charge in [0.25, 0.3) is 0 Å². The summed E-state index contributed by atoms with van der Waals surface area (Å²) in [6.45, 7) is 2.05. The molecule has 0 atom stereocenters. The Morgan fingerprint density at radius 1 is 1.35 bits per heavy atom. The fraction of sp³-hybridized carbons (Fsp3) is 0.286. The van der Waals surface area contributed by atoms with E-state index in [0.29, 0.717) is 5.69 Å². The summed E-state index contributed by atoms with van der Waals surface area (Å²) in [6, 6.07) is 10.4. The van der Waals surface area contributed by atoms with Crippen molar-refractivity contribution in [1.82, 2.24) is 9.78 Å². The zero-order chi connectivity index (χ0) is 11.8. The van der Waals surface area contributed by atoms with Gasteiger partial charge in [0.2, 0.25) is 0 Å². The van der Waals surface area contributed by atoms with Crippen molar-refractivity contribution in [2.24, 2.45) is 0 Å². The van der Waals surface area contributed by atoms with Gasteiger partial charge in [0, 0.05) is 5.56 Å². The summed E-state index contributed by atoms with van der Waals surface area (Å²) in [7, 11) is 0. The first-order valence-electron chi connectivity index (χ1n) is 5.87. The number of fused-ring (bicyclic) bond motifs is 1. The first-order chi connectivity index (χ1) is 8.29. The van der Waals surface area contributed by atoms with Gasteiger partial charge in [-0.15, -0.1) is 0 Å². The molecule has 1 aromatic heterocycles. The number of nitriles is 1. The van der Waals surface area contributed by atoms with E-state index in [1.165, 1.54) is 5.56 Å². The van der Waals surface area contributed by atoms with Crippen LogP contribution in [0.3, 0.4) is 0 Å². The number of aromatic nitrogens is 2. The molecular formula is C14H13N3. The average molecular weight is 223 g/mol. The molecule has 0 bridgehead atoms. The molecule has 0 spiro atoms. The molecule has 1 heterocycles. The van der Waals surface area contributed by atoms with Crippen LogP contribution in [0, 0.1) is 18.3 Å². The molecular weight excluding hydrogens is 210 g/mol. The summed E-state index contributed by atoms with van der Waals surface area (Å²) in [5, 5.41) is 13.9.